The van der Waals surface area contributed by atoms with Gasteiger partial charge in [0, 0.05) is 27.7 Å². The molecule has 0 saturated heterocycles. The van der Waals surface area contributed by atoms with E-state index in [0.29, 0.717) is 34.9 Å². The summed E-state index contributed by atoms with van der Waals surface area (Å²) in [4.78, 5) is 30.0. The van der Waals surface area contributed by atoms with Gasteiger partial charge in [0.2, 0.25) is 6.20 Å². The van der Waals surface area contributed by atoms with Gasteiger partial charge in [-0.2, -0.15) is 13.3 Å². The van der Waals surface area contributed by atoms with E-state index in [4.69, 9.17) is 9.47 Å². The first-order valence-electron chi connectivity index (χ1n) is 17.7. The quantitative estimate of drug-likeness (QED) is 0.117. The molecule has 2 heterocycles. The van der Waals surface area contributed by atoms with Gasteiger partial charge in [0.25, 0.3) is 20.0 Å². The number of hydrogen-bond donors (Lipinski definition) is 0. The fourth-order valence-corrected chi connectivity index (χ4v) is 8.18. The van der Waals surface area contributed by atoms with Crippen LogP contribution < -0.4 is 13.3 Å². The van der Waals surface area contributed by atoms with Crippen LogP contribution in [0.4, 0.5) is 21.0 Å². The Morgan fingerprint density at radius 2 is 0.982 bits per heavy atom. The van der Waals surface area contributed by atoms with E-state index in [-0.39, 0.29) is 21.2 Å². The molecule has 15 heteroatoms. The lowest BCUT2D eigenvalue weighted by Gasteiger charge is -2.27. The van der Waals surface area contributed by atoms with Crippen LogP contribution in [0.2, 0.25) is 0 Å². The highest BCUT2D eigenvalue weighted by molar-refractivity contribution is 7.94. The molecule has 0 radical (unpaired) electrons. The number of sulfonamides is 2. The second-order valence-electron chi connectivity index (χ2n) is 15.1. The Labute approximate surface area is 332 Å². The normalized spacial score (nSPS) is 12.0. The van der Waals surface area contributed by atoms with Crippen LogP contribution in [0, 0.1) is 19.1 Å². The highest BCUT2D eigenvalue weighted by atomic mass is 32.2. The molecule has 0 atom stereocenters. The number of rotatable bonds is 6. The number of fused-ring (bicyclic) bond motifs is 2. The van der Waals surface area contributed by atoms with Crippen molar-refractivity contribution in [3.8, 4) is 0 Å². The molecule has 0 aliphatic heterocycles. The molecule has 6 rings (SSSR count). The van der Waals surface area contributed by atoms with E-state index in [1.807, 2.05) is 19.9 Å². The minimum Gasteiger partial charge on any atom is -0.619 e. The lowest BCUT2D eigenvalue weighted by Crippen LogP contribution is -2.42. The van der Waals surface area contributed by atoms with E-state index in [1.165, 1.54) is 36.7 Å². The molecule has 0 aliphatic rings. The number of anilines is 2. The highest BCUT2D eigenvalue weighted by Gasteiger charge is 2.38. The van der Waals surface area contributed by atoms with Gasteiger partial charge in [0.1, 0.15) is 16.9 Å². The van der Waals surface area contributed by atoms with E-state index in [0.717, 1.165) is 17.3 Å². The van der Waals surface area contributed by atoms with Crippen molar-refractivity contribution in [3.63, 3.8) is 0 Å². The molecule has 0 unspecified atom stereocenters. The van der Waals surface area contributed by atoms with Gasteiger partial charge in [-0.3, -0.25) is 4.98 Å². The molecule has 0 spiro atoms. The third kappa shape index (κ3) is 9.85. The SMILES string of the molecule is Cc1ccc(S(=O)(=O)N(C(=O)OC(C)(C)C)c2c[n+]([O-])cc3ccccc23)cc1.Cc1ccc(S(=O)(=O)N(C(=O)OC(C)(C)C)c2cncc3ccccc23)cc1. The fourth-order valence-electron chi connectivity index (χ4n) is 5.52. The van der Waals surface area contributed by atoms with Crippen molar-refractivity contribution in [3.05, 3.63) is 138 Å². The van der Waals surface area contributed by atoms with Crippen LogP contribution in [0.15, 0.2) is 132 Å². The van der Waals surface area contributed by atoms with Crippen molar-refractivity contribution < 1.29 is 40.6 Å². The first-order valence-corrected chi connectivity index (χ1v) is 20.6. The predicted octanol–water partition coefficient (Wildman–Crippen LogP) is 8.59. The maximum absolute atomic E-state index is 13.4. The van der Waals surface area contributed by atoms with Gasteiger partial charge >= 0.3 is 12.2 Å². The summed E-state index contributed by atoms with van der Waals surface area (Å²) in [5, 5.41) is 14.4. The van der Waals surface area contributed by atoms with Crippen LogP contribution in [-0.4, -0.2) is 45.2 Å². The highest BCUT2D eigenvalue weighted by Crippen LogP contribution is 2.33. The third-order valence-electron chi connectivity index (χ3n) is 8.07. The van der Waals surface area contributed by atoms with Gasteiger partial charge in [-0.05, 0) is 85.7 Å². The maximum Gasteiger partial charge on any atom is 0.429 e. The molecule has 2 aromatic heterocycles. The van der Waals surface area contributed by atoms with Gasteiger partial charge in [-0.25, -0.2) is 26.4 Å². The largest absolute Gasteiger partial charge is 0.619 e. The number of carbonyl (C=O) groups is 2. The lowest BCUT2D eigenvalue weighted by molar-refractivity contribution is -0.603. The monoisotopic (exact) mass is 812 g/mol. The van der Waals surface area contributed by atoms with E-state index in [9.17, 15) is 31.6 Å². The zero-order valence-corrected chi connectivity index (χ0v) is 34.5. The Morgan fingerprint density at radius 1 is 0.579 bits per heavy atom. The Bertz CT molecular complexity index is 2650. The summed E-state index contributed by atoms with van der Waals surface area (Å²) < 4.78 is 66.2. The molecule has 6 aromatic rings. The van der Waals surface area contributed by atoms with Gasteiger partial charge in [-0.15, -0.1) is 0 Å². The van der Waals surface area contributed by atoms with E-state index in [1.54, 1.807) is 114 Å². The first kappa shape index (κ1) is 42.1. The zero-order chi connectivity index (χ0) is 41.9. The molecule has 0 bridgehead atoms. The number of ether oxygens (including phenoxy) is 2. The predicted molar refractivity (Wildman–Crippen MR) is 219 cm³/mol. The van der Waals surface area contributed by atoms with Gasteiger partial charge in [0.05, 0.1) is 21.7 Å². The number of aryl methyl sites for hydroxylation is 2. The number of aromatic nitrogens is 2. The summed E-state index contributed by atoms with van der Waals surface area (Å²) in [5.41, 5.74) is 0.0533. The van der Waals surface area contributed by atoms with Crippen LogP contribution in [0.5, 0.6) is 0 Å². The third-order valence-corrected chi connectivity index (χ3v) is 11.5. The molecule has 0 aliphatic carbocycles. The van der Waals surface area contributed by atoms with Crippen molar-refractivity contribution in [2.45, 2.75) is 76.4 Å². The molecule has 0 saturated carbocycles. The average molecular weight is 813 g/mol. The van der Waals surface area contributed by atoms with Crippen LogP contribution >= 0.6 is 0 Å². The number of benzene rings is 4. The number of hydrogen-bond acceptors (Lipinski definition) is 10. The van der Waals surface area contributed by atoms with E-state index >= 15 is 0 Å². The summed E-state index contributed by atoms with van der Waals surface area (Å²) in [6.45, 7) is 13.6. The summed E-state index contributed by atoms with van der Waals surface area (Å²) in [5.74, 6) is 0. The zero-order valence-electron chi connectivity index (χ0n) is 32.8. The fraction of sp³-hybridized carbons (Fsp3) is 0.238. The minimum atomic E-state index is -4.34. The molecule has 57 heavy (non-hydrogen) atoms. The summed E-state index contributed by atoms with van der Waals surface area (Å²) in [6, 6.07) is 26.3. The van der Waals surface area contributed by atoms with Crippen molar-refractivity contribution in [1.82, 2.24) is 4.98 Å². The number of amides is 2. The molecule has 13 nitrogen and oxygen atoms in total. The molecule has 2 amide bonds. The summed E-state index contributed by atoms with van der Waals surface area (Å²) in [6.07, 6.45) is 3.27. The summed E-state index contributed by atoms with van der Waals surface area (Å²) >= 11 is 0. The van der Waals surface area contributed by atoms with Crippen molar-refractivity contribution in [2.75, 3.05) is 8.61 Å². The minimum absolute atomic E-state index is 0.00288. The second kappa shape index (κ2) is 16.2. The Kier molecular flexibility index (Phi) is 12.0. The van der Waals surface area contributed by atoms with Crippen LogP contribution in [0.3, 0.4) is 0 Å². The molecule has 298 valence electrons. The number of nitrogens with zero attached hydrogens (tertiary/aromatic N) is 4. The van der Waals surface area contributed by atoms with Crippen LogP contribution in [0.1, 0.15) is 52.7 Å². The molecular weight excluding hydrogens is 769 g/mol. The van der Waals surface area contributed by atoms with E-state index < -0.39 is 43.4 Å². The smallest absolute Gasteiger partial charge is 0.429 e. The van der Waals surface area contributed by atoms with Crippen molar-refractivity contribution in [2.24, 2.45) is 0 Å². The van der Waals surface area contributed by atoms with Crippen LogP contribution in [0.25, 0.3) is 21.5 Å². The van der Waals surface area contributed by atoms with Gasteiger partial charge in [-0.1, -0.05) is 77.9 Å². The molecular formula is C42H44N4O9S2. The maximum atomic E-state index is 13.4. The number of carbonyl (C=O) groups excluding carboxylic acids is 2. The Hall–Kier alpha value is -6.06. The number of pyridine rings is 2. The Morgan fingerprint density at radius 3 is 1.44 bits per heavy atom. The topological polar surface area (TPSA) is 167 Å². The first-order chi connectivity index (χ1) is 26.6. The van der Waals surface area contributed by atoms with Crippen molar-refractivity contribution >= 4 is 65.2 Å². The molecule has 4 aromatic carbocycles. The van der Waals surface area contributed by atoms with Gasteiger partial charge < -0.3 is 14.7 Å². The summed E-state index contributed by atoms with van der Waals surface area (Å²) in [7, 11) is -8.56. The average Bonchev–Trinajstić information content (AvgIpc) is 3.11. The van der Waals surface area contributed by atoms with Gasteiger partial charge in [0.15, 0.2) is 6.20 Å². The van der Waals surface area contributed by atoms with Crippen molar-refractivity contribution in [1.29, 1.82) is 0 Å². The standard InChI is InChI=1S/C21H22N2O5S.C21H22N2O4S/c1-15-9-11-17(12-10-15)29(26,27)23(20(24)28-21(2,3)4)19-14-22(25)13-16-7-5-6-8-18(16)19;1-15-9-11-17(12-10-15)28(25,26)23(20(24)27-21(2,3)4)19-14-22-13-16-7-5-6-8-18(16)19/h5-14H,1-4H3;5-14H,1-4H3. The van der Waals surface area contributed by atoms with Crippen LogP contribution in [-0.2, 0) is 29.5 Å². The molecule has 0 N–H and O–H groups in total. The molecule has 0 fully saturated rings. The lowest BCUT2D eigenvalue weighted by atomic mass is 10.1. The second-order valence-corrected chi connectivity index (χ2v) is 18.7. The Balaban J connectivity index is 0.000000218. The van der Waals surface area contributed by atoms with E-state index in [2.05, 4.69) is 4.98 Å².